The van der Waals surface area contributed by atoms with Crippen molar-refractivity contribution in [3.63, 3.8) is 0 Å². The summed E-state index contributed by atoms with van der Waals surface area (Å²) in [5.41, 5.74) is 1.58. The molecule has 0 fully saturated rings. The van der Waals surface area contributed by atoms with E-state index in [9.17, 15) is 4.79 Å². The highest BCUT2D eigenvalue weighted by molar-refractivity contribution is 9.10. The van der Waals surface area contributed by atoms with Crippen LogP contribution in [0.25, 0.3) is 17.5 Å². The molecule has 0 aliphatic rings. The molecule has 0 unspecified atom stereocenters. The first-order chi connectivity index (χ1) is 12.7. The van der Waals surface area contributed by atoms with Crippen LogP contribution in [0, 0.1) is 0 Å². The van der Waals surface area contributed by atoms with Crippen LogP contribution in [0.4, 0.5) is 0 Å². The average Bonchev–Trinajstić information content (AvgIpc) is 3.14. The van der Waals surface area contributed by atoms with Gasteiger partial charge in [-0.25, -0.2) is 0 Å². The maximum absolute atomic E-state index is 12.0. The zero-order valence-corrected chi connectivity index (χ0v) is 15.4. The normalized spacial score (nSPS) is 10.8. The number of halogens is 1. The van der Waals surface area contributed by atoms with Crippen LogP contribution < -0.4 is 10.1 Å². The first-order valence-corrected chi connectivity index (χ1v) is 8.47. The number of nitrogens with zero attached hydrogens (tertiary/aromatic N) is 3. The van der Waals surface area contributed by atoms with Gasteiger partial charge < -0.3 is 14.6 Å². The summed E-state index contributed by atoms with van der Waals surface area (Å²) in [6, 6.07) is 9.11. The lowest BCUT2D eigenvalue weighted by Gasteiger charge is -2.04. The number of amides is 1. The Morgan fingerprint density at radius 2 is 2.12 bits per heavy atom. The number of pyridine rings is 1. The maximum atomic E-state index is 12.0. The number of carbonyl (C=O) groups excluding carboxylic acids is 1. The number of ether oxygens (including phenoxy) is 1. The lowest BCUT2D eigenvalue weighted by Crippen LogP contribution is -2.20. The van der Waals surface area contributed by atoms with E-state index in [1.54, 1.807) is 37.7 Å². The van der Waals surface area contributed by atoms with Gasteiger partial charge in [-0.05, 0) is 36.4 Å². The summed E-state index contributed by atoms with van der Waals surface area (Å²) in [5.74, 6) is 1.16. The number of carbonyl (C=O) groups is 1. The summed E-state index contributed by atoms with van der Waals surface area (Å²) in [6.45, 7) is 0.136. The third-order valence-electron chi connectivity index (χ3n) is 3.43. The van der Waals surface area contributed by atoms with Crippen molar-refractivity contribution < 1.29 is 14.1 Å². The molecule has 3 rings (SSSR count). The van der Waals surface area contributed by atoms with Crippen molar-refractivity contribution in [1.29, 1.82) is 0 Å². The molecule has 2 heterocycles. The van der Waals surface area contributed by atoms with Crippen LogP contribution in [0.5, 0.6) is 5.75 Å². The van der Waals surface area contributed by atoms with Crippen LogP contribution in [0.3, 0.4) is 0 Å². The molecule has 1 N–H and O–H groups in total. The topological polar surface area (TPSA) is 90.1 Å². The Morgan fingerprint density at radius 1 is 1.31 bits per heavy atom. The first kappa shape index (κ1) is 17.8. The summed E-state index contributed by atoms with van der Waals surface area (Å²) < 4.78 is 11.3. The van der Waals surface area contributed by atoms with E-state index in [2.05, 4.69) is 36.4 Å². The smallest absolute Gasteiger partial charge is 0.246 e. The van der Waals surface area contributed by atoms with Gasteiger partial charge in [-0.2, -0.15) is 4.98 Å². The van der Waals surface area contributed by atoms with Gasteiger partial charge in [0.05, 0.1) is 13.7 Å². The minimum atomic E-state index is -0.282. The van der Waals surface area contributed by atoms with E-state index in [4.69, 9.17) is 9.26 Å². The Hall–Kier alpha value is -3.00. The molecule has 0 aliphatic heterocycles. The highest BCUT2D eigenvalue weighted by atomic mass is 79.9. The fraction of sp³-hybridized carbons (Fsp3) is 0.111. The summed E-state index contributed by atoms with van der Waals surface area (Å²) >= 11 is 3.39. The van der Waals surface area contributed by atoms with E-state index in [0.29, 0.717) is 17.5 Å². The summed E-state index contributed by atoms with van der Waals surface area (Å²) in [7, 11) is 1.58. The van der Waals surface area contributed by atoms with Crippen LogP contribution in [0.15, 0.2) is 57.8 Å². The van der Waals surface area contributed by atoms with E-state index in [-0.39, 0.29) is 12.5 Å². The molecule has 132 valence electrons. The monoisotopic (exact) mass is 414 g/mol. The fourth-order valence-corrected chi connectivity index (χ4v) is 2.55. The molecule has 1 amide bonds. The Morgan fingerprint density at radius 3 is 2.88 bits per heavy atom. The molecule has 0 bridgehead atoms. The molecule has 2 aromatic heterocycles. The average molecular weight is 415 g/mol. The molecule has 0 aliphatic carbocycles. The molecular weight excluding hydrogens is 400 g/mol. The third-order valence-corrected chi connectivity index (χ3v) is 3.92. The minimum absolute atomic E-state index is 0.136. The van der Waals surface area contributed by atoms with Gasteiger partial charge in [0.25, 0.3) is 0 Å². The van der Waals surface area contributed by atoms with Crippen LogP contribution >= 0.6 is 15.9 Å². The number of rotatable bonds is 6. The zero-order chi connectivity index (χ0) is 18.4. The number of nitrogens with one attached hydrogen (secondary N) is 1. The molecule has 3 aromatic rings. The number of hydrogen-bond acceptors (Lipinski definition) is 6. The lowest BCUT2D eigenvalue weighted by atomic mass is 10.2. The van der Waals surface area contributed by atoms with Gasteiger partial charge in [0.15, 0.2) is 0 Å². The van der Waals surface area contributed by atoms with Gasteiger partial charge in [0.2, 0.25) is 17.6 Å². The van der Waals surface area contributed by atoms with Gasteiger partial charge in [-0.15, -0.1) is 0 Å². The van der Waals surface area contributed by atoms with Crippen molar-refractivity contribution in [2.75, 3.05) is 7.11 Å². The Labute approximate surface area is 158 Å². The largest absolute Gasteiger partial charge is 0.496 e. The number of hydrogen-bond donors (Lipinski definition) is 1. The predicted octanol–water partition coefficient (Wildman–Crippen LogP) is 3.23. The summed E-state index contributed by atoms with van der Waals surface area (Å²) in [6.07, 6.45) is 6.39. The first-order valence-electron chi connectivity index (χ1n) is 7.68. The second kappa shape index (κ2) is 8.39. The third kappa shape index (κ3) is 4.54. The molecule has 8 heteroatoms. The molecule has 1 aromatic carbocycles. The van der Waals surface area contributed by atoms with E-state index in [1.165, 1.54) is 6.08 Å². The molecule has 26 heavy (non-hydrogen) atoms. The Kier molecular flexibility index (Phi) is 5.75. The van der Waals surface area contributed by atoms with Gasteiger partial charge in [0, 0.05) is 34.1 Å². The summed E-state index contributed by atoms with van der Waals surface area (Å²) in [5, 5.41) is 6.58. The molecule has 0 atom stereocenters. The number of aromatic nitrogens is 3. The van der Waals surface area contributed by atoms with Crippen molar-refractivity contribution >= 4 is 27.9 Å². The van der Waals surface area contributed by atoms with E-state index < -0.39 is 0 Å². The van der Waals surface area contributed by atoms with Crippen molar-refractivity contribution in [3.05, 3.63) is 64.7 Å². The van der Waals surface area contributed by atoms with Gasteiger partial charge in [-0.3, -0.25) is 9.78 Å². The Bertz CT molecular complexity index is 925. The predicted molar refractivity (Wildman–Crippen MR) is 99.1 cm³/mol. The van der Waals surface area contributed by atoms with Gasteiger partial charge >= 0.3 is 0 Å². The van der Waals surface area contributed by atoms with E-state index in [1.807, 2.05) is 18.2 Å². The highest BCUT2D eigenvalue weighted by Gasteiger charge is 2.09. The SMILES string of the molecule is COc1ccc(Br)cc1/C=C/C(=O)NCc1nc(-c2ccncc2)no1. The fourth-order valence-electron chi connectivity index (χ4n) is 2.17. The molecule has 0 radical (unpaired) electrons. The van der Waals surface area contributed by atoms with Crippen molar-refractivity contribution in [3.8, 4) is 17.1 Å². The van der Waals surface area contributed by atoms with E-state index >= 15 is 0 Å². The van der Waals surface area contributed by atoms with E-state index in [0.717, 1.165) is 15.6 Å². The van der Waals surface area contributed by atoms with Crippen molar-refractivity contribution in [2.45, 2.75) is 6.54 Å². The summed E-state index contributed by atoms with van der Waals surface area (Å²) in [4.78, 5) is 20.2. The standard InChI is InChI=1S/C18H15BrN4O3/c1-25-15-4-3-14(19)10-13(15)2-5-16(24)21-11-17-22-18(23-26-17)12-6-8-20-9-7-12/h2-10H,11H2,1H3,(H,21,24)/b5-2+. The molecule has 7 nitrogen and oxygen atoms in total. The molecule has 0 saturated carbocycles. The zero-order valence-electron chi connectivity index (χ0n) is 13.8. The highest BCUT2D eigenvalue weighted by Crippen LogP contribution is 2.24. The van der Waals surface area contributed by atoms with Gasteiger partial charge in [-0.1, -0.05) is 21.1 Å². The lowest BCUT2D eigenvalue weighted by molar-refractivity contribution is -0.116. The van der Waals surface area contributed by atoms with Crippen molar-refractivity contribution in [1.82, 2.24) is 20.4 Å². The number of benzene rings is 1. The number of methoxy groups -OCH3 is 1. The Balaban J connectivity index is 1.60. The second-order valence-corrected chi connectivity index (χ2v) is 6.10. The van der Waals surface area contributed by atoms with Crippen LogP contribution in [-0.2, 0) is 11.3 Å². The maximum Gasteiger partial charge on any atom is 0.246 e. The molecular formula is C18H15BrN4O3. The second-order valence-electron chi connectivity index (χ2n) is 5.19. The molecule has 0 spiro atoms. The quantitative estimate of drug-likeness (QED) is 0.622. The van der Waals surface area contributed by atoms with Crippen LogP contribution in [-0.4, -0.2) is 28.1 Å². The van der Waals surface area contributed by atoms with Crippen LogP contribution in [0.2, 0.25) is 0 Å². The molecule has 0 saturated heterocycles. The van der Waals surface area contributed by atoms with Gasteiger partial charge in [0.1, 0.15) is 5.75 Å². The minimum Gasteiger partial charge on any atom is -0.496 e. The van der Waals surface area contributed by atoms with Crippen LogP contribution in [0.1, 0.15) is 11.5 Å². The van der Waals surface area contributed by atoms with Crippen molar-refractivity contribution in [2.24, 2.45) is 0 Å².